The van der Waals surface area contributed by atoms with Gasteiger partial charge in [0.2, 0.25) is 11.9 Å². The molecule has 1 unspecified atom stereocenters. The number of guanidine groups is 1. The van der Waals surface area contributed by atoms with Gasteiger partial charge in [0.15, 0.2) is 0 Å². The van der Waals surface area contributed by atoms with E-state index in [-0.39, 0.29) is 18.2 Å². The van der Waals surface area contributed by atoms with Crippen LogP contribution in [0.5, 0.6) is 0 Å². The van der Waals surface area contributed by atoms with Crippen molar-refractivity contribution in [1.29, 1.82) is 0 Å². The number of para-hydroxylation sites is 1. The van der Waals surface area contributed by atoms with E-state index in [2.05, 4.69) is 49.7 Å². The standard InChI is InChI=1S/C22H25N5O2/c28-20(23-18-9-5-2-6-10-18)15-19-21(29)25-22(24-19)27-13-11-26(12-14-27)16-17-7-3-1-4-8-17/h1-10,19H,11-16H2,(H,23,28)(H,24,25,29). The van der Waals surface area contributed by atoms with Crippen LogP contribution in [0.3, 0.4) is 0 Å². The van der Waals surface area contributed by atoms with Gasteiger partial charge in [0.25, 0.3) is 5.91 Å². The average Bonchev–Trinajstić information content (AvgIpc) is 3.10. The van der Waals surface area contributed by atoms with E-state index in [1.54, 1.807) is 0 Å². The number of anilines is 1. The molecule has 0 aromatic heterocycles. The van der Waals surface area contributed by atoms with Crippen LogP contribution in [0.15, 0.2) is 65.7 Å². The van der Waals surface area contributed by atoms with Gasteiger partial charge in [-0.2, -0.15) is 4.99 Å². The van der Waals surface area contributed by atoms with Crippen LogP contribution in [0.4, 0.5) is 5.69 Å². The van der Waals surface area contributed by atoms with Crippen LogP contribution in [-0.2, 0) is 16.1 Å². The number of piperazine rings is 1. The molecule has 0 radical (unpaired) electrons. The van der Waals surface area contributed by atoms with Gasteiger partial charge < -0.3 is 15.5 Å². The molecular weight excluding hydrogens is 366 g/mol. The van der Waals surface area contributed by atoms with Crippen molar-refractivity contribution in [2.24, 2.45) is 4.99 Å². The lowest BCUT2D eigenvalue weighted by molar-refractivity contribution is -0.123. The van der Waals surface area contributed by atoms with E-state index in [4.69, 9.17) is 0 Å². The average molecular weight is 391 g/mol. The molecule has 2 aromatic rings. The lowest BCUT2D eigenvalue weighted by Gasteiger charge is -2.35. The summed E-state index contributed by atoms with van der Waals surface area (Å²) in [7, 11) is 0. The van der Waals surface area contributed by atoms with E-state index in [1.807, 2.05) is 36.4 Å². The first kappa shape index (κ1) is 19.1. The molecule has 2 heterocycles. The number of benzene rings is 2. The van der Waals surface area contributed by atoms with Crippen LogP contribution in [0, 0.1) is 0 Å². The first-order chi connectivity index (χ1) is 14.2. The Balaban J connectivity index is 1.25. The highest BCUT2D eigenvalue weighted by atomic mass is 16.2. The normalized spacial score (nSPS) is 19.6. The summed E-state index contributed by atoms with van der Waals surface area (Å²) in [6, 6.07) is 19.0. The van der Waals surface area contributed by atoms with Crippen molar-refractivity contribution in [2.75, 3.05) is 31.5 Å². The first-order valence-corrected chi connectivity index (χ1v) is 9.92. The molecule has 0 saturated carbocycles. The predicted octanol–water partition coefficient (Wildman–Crippen LogP) is 1.69. The van der Waals surface area contributed by atoms with Crippen molar-refractivity contribution >= 4 is 23.5 Å². The number of nitrogens with zero attached hydrogens (tertiary/aromatic N) is 3. The fraction of sp³-hybridized carbons (Fsp3) is 0.318. The zero-order valence-electron chi connectivity index (χ0n) is 16.3. The maximum atomic E-state index is 12.3. The number of hydrogen-bond acceptors (Lipinski definition) is 5. The van der Waals surface area contributed by atoms with E-state index in [0.29, 0.717) is 5.96 Å². The van der Waals surface area contributed by atoms with E-state index in [0.717, 1.165) is 38.4 Å². The molecule has 2 aromatic carbocycles. The van der Waals surface area contributed by atoms with Crippen molar-refractivity contribution < 1.29 is 9.59 Å². The van der Waals surface area contributed by atoms with Crippen LogP contribution in [-0.4, -0.2) is 59.8 Å². The predicted molar refractivity (Wildman–Crippen MR) is 112 cm³/mol. The summed E-state index contributed by atoms with van der Waals surface area (Å²) >= 11 is 0. The van der Waals surface area contributed by atoms with Gasteiger partial charge in [-0.3, -0.25) is 14.5 Å². The summed E-state index contributed by atoms with van der Waals surface area (Å²) in [6.45, 7) is 4.34. The highest BCUT2D eigenvalue weighted by Gasteiger charge is 2.32. The molecule has 29 heavy (non-hydrogen) atoms. The Bertz CT molecular complexity index is 877. The van der Waals surface area contributed by atoms with E-state index in [1.165, 1.54) is 5.56 Å². The second-order valence-corrected chi connectivity index (χ2v) is 7.34. The monoisotopic (exact) mass is 391 g/mol. The number of hydrogen-bond donors (Lipinski definition) is 2. The van der Waals surface area contributed by atoms with Crippen LogP contribution in [0.1, 0.15) is 12.0 Å². The zero-order valence-corrected chi connectivity index (χ0v) is 16.3. The third-order valence-corrected chi connectivity index (χ3v) is 5.19. The molecule has 2 N–H and O–H groups in total. The molecule has 1 fully saturated rings. The number of nitrogens with one attached hydrogen (secondary N) is 2. The minimum atomic E-state index is -0.601. The first-order valence-electron chi connectivity index (χ1n) is 9.92. The summed E-state index contributed by atoms with van der Waals surface area (Å²) in [5.74, 6) is 0.105. The minimum absolute atomic E-state index is 0.0642. The number of amides is 2. The largest absolute Gasteiger partial charge is 0.343 e. The third kappa shape index (κ3) is 5.00. The second kappa shape index (κ2) is 8.87. The maximum Gasteiger partial charge on any atom is 0.271 e. The van der Waals surface area contributed by atoms with Crippen molar-refractivity contribution in [2.45, 2.75) is 19.0 Å². The molecule has 2 aliphatic heterocycles. The van der Waals surface area contributed by atoms with Crippen molar-refractivity contribution in [3.05, 3.63) is 66.2 Å². The van der Waals surface area contributed by atoms with Gasteiger partial charge in [-0.15, -0.1) is 0 Å². The summed E-state index contributed by atoms with van der Waals surface area (Å²) < 4.78 is 0. The Morgan fingerprint density at radius 3 is 2.34 bits per heavy atom. The minimum Gasteiger partial charge on any atom is -0.343 e. The molecule has 1 atom stereocenters. The van der Waals surface area contributed by atoms with Gasteiger partial charge in [0, 0.05) is 38.4 Å². The molecule has 2 aliphatic rings. The Hall–Kier alpha value is -3.19. The van der Waals surface area contributed by atoms with Gasteiger partial charge in [-0.25, -0.2) is 0 Å². The molecule has 0 spiro atoms. The lowest BCUT2D eigenvalue weighted by atomic mass is 10.2. The van der Waals surface area contributed by atoms with E-state index in [9.17, 15) is 9.59 Å². The molecule has 0 aliphatic carbocycles. The van der Waals surface area contributed by atoms with Gasteiger partial charge in [-0.1, -0.05) is 48.5 Å². The van der Waals surface area contributed by atoms with Gasteiger partial charge in [-0.05, 0) is 17.7 Å². The van der Waals surface area contributed by atoms with Crippen molar-refractivity contribution in [3.8, 4) is 0 Å². The summed E-state index contributed by atoms with van der Waals surface area (Å²) in [5.41, 5.74) is 2.02. The fourth-order valence-corrected chi connectivity index (χ4v) is 3.61. The SMILES string of the molecule is O=C(CC1NC(N2CCN(Cc3ccccc3)CC2)=NC1=O)Nc1ccccc1. The molecule has 7 heteroatoms. The van der Waals surface area contributed by atoms with Crippen LogP contribution < -0.4 is 10.6 Å². The number of rotatable bonds is 5. The number of carbonyl (C=O) groups excluding carboxylic acids is 2. The van der Waals surface area contributed by atoms with Crippen LogP contribution in [0.2, 0.25) is 0 Å². The number of carbonyl (C=O) groups is 2. The maximum absolute atomic E-state index is 12.3. The highest BCUT2D eigenvalue weighted by molar-refractivity contribution is 6.05. The fourth-order valence-electron chi connectivity index (χ4n) is 3.61. The highest BCUT2D eigenvalue weighted by Crippen LogP contribution is 2.13. The van der Waals surface area contributed by atoms with Crippen LogP contribution >= 0.6 is 0 Å². The van der Waals surface area contributed by atoms with Crippen molar-refractivity contribution in [3.63, 3.8) is 0 Å². The number of aliphatic imine (C=N–C) groups is 1. The van der Waals surface area contributed by atoms with Gasteiger partial charge in [0.1, 0.15) is 6.04 Å². The van der Waals surface area contributed by atoms with Gasteiger partial charge in [0.05, 0.1) is 6.42 Å². The summed E-state index contributed by atoms with van der Waals surface area (Å²) in [6.07, 6.45) is 0.0642. The van der Waals surface area contributed by atoms with E-state index < -0.39 is 6.04 Å². The third-order valence-electron chi connectivity index (χ3n) is 5.19. The lowest BCUT2D eigenvalue weighted by Crippen LogP contribution is -2.52. The Kier molecular flexibility index (Phi) is 5.86. The molecule has 1 saturated heterocycles. The van der Waals surface area contributed by atoms with Gasteiger partial charge >= 0.3 is 0 Å². The quantitative estimate of drug-likeness (QED) is 0.811. The van der Waals surface area contributed by atoms with Crippen LogP contribution in [0.25, 0.3) is 0 Å². The molecule has 7 nitrogen and oxygen atoms in total. The topological polar surface area (TPSA) is 77.0 Å². The smallest absolute Gasteiger partial charge is 0.271 e. The molecule has 4 rings (SSSR count). The Morgan fingerprint density at radius 2 is 1.66 bits per heavy atom. The second-order valence-electron chi connectivity index (χ2n) is 7.34. The van der Waals surface area contributed by atoms with E-state index >= 15 is 0 Å². The summed E-state index contributed by atoms with van der Waals surface area (Å²) in [5, 5.41) is 5.95. The Morgan fingerprint density at radius 1 is 1.00 bits per heavy atom. The Labute approximate surface area is 170 Å². The van der Waals surface area contributed by atoms with Crippen molar-refractivity contribution in [1.82, 2.24) is 15.1 Å². The molecule has 2 amide bonds. The zero-order chi connectivity index (χ0) is 20.1. The molecule has 0 bridgehead atoms. The molecular formula is C22H25N5O2. The summed E-state index contributed by atoms with van der Waals surface area (Å²) in [4.78, 5) is 33.1. The molecule has 150 valence electrons.